The fraction of sp³-hybridized carbons (Fsp3) is 0.444. The fourth-order valence-electron chi connectivity index (χ4n) is 3.57. The molecule has 1 amide bonds. The Labute approximate surface area is 180 Å². The highest BCUT2D eigenvalue weighted by molar-refractivity contribution is 7.15. The number of anilines is 1. The maximum atomic E-state index is 12.5. The number of nitrogens with zero attached hydrogens (tertiary/aromatic N) is 2. The molecule has 9 heteroatoms. The molecule has 2 N–H and O–H groups in total. The van der Waals surface area contributed by atoms with Gasteiger partial charge < -0.3 is 10.6 Å². The predicted molar refractivity (Wildman–Crippen MR) is 116 cm³/mol. The predicted octanol–water partition coefficient (Wildman–Crippen LogP) is 3.71. The summed E-state index contributed by atoms with van der Waals surface area (Å²) in [5.41, 5.74) is 2.23. The van der Waals surface area contributed by atoms with Crippen molar-refractivity contribution >= 4 is 58.8 Å². The summed E-state index contributed by atoms with van der Waals surface area (Å²) in [7, 11) is 0. The van der Waals surface area contributed by atoms with Crippen molar-refractivity contribution < 1.29 is 4.79 Å². The van der Waals surface area contributed by atoms with Crippen LogP contribution in [0, 0.1) is 0 Å². The van der Waals surface area contributed by atoms with E-state index in [1.807, 2.05) is 24.3 Å². The Morgan fingerprint density at radius 3 is 2.93 bits per heavy atom. The van der Waals surface area contributed by atoms with Crippen LogP contribution >= 0.6 is 47.8 Å². The Kier molecular flexibility index (Phi) is 8.34. The van der Waals surface area contributed by atoms with Crippen molar-refractivity contribution in [2.75, 3.05) is 31.5 Å². The summed E-state index contributed by atoms with van der Waals surface area (Å²) in [6.07, 6.45) is 3.31. The monoisotopic (exact) mass is 448 g/mol. The molecule has 0 radical (unpaired) electrons. The van der Waals surface area contributed by atoms with Crippen LogP contribution in [0.2, 0.25) is 5.02 Å². The number of nitrogens with one attached hydrogen (secondary N) is 2. The number of carbonyl (C=O) groups excluding carboxylic acids is 1. The highest BCUT2D eigenvalue weighted by Gasteiger charge is 2.27. The van der Waals surface area contributed by atoms with E-state index in [1.54, 1.807) is 11.3 Å². The van der Waals surface area contributed by atoms with E-state index < -0.39 is 0 Å². The van der Waals surface area contributed by atoms with Gasteiger partial charge in [0.1, 0.15) is 0 Å². The lowest BCUT2D eigenvalue weighted by Gasteiger charge is -2.36. The van der Waals surface area contributed by atoms with Crippen LogP contribution in [0.25, 0.3) is 0 Å². The minimum Gasteiger partial charge on any atom is -0.314 e. The molecule has 2 heterocycles. The quantitative estimate of drug-likeness (QED) is 0.747. The molecule has 1 atom stereocenters. The molecule has 1 fully saturated rings. The highest BCUT2D eigenvalue weighted by Crippen LogP contribution is 2.31. The van der Waals surface area contributed by atoms with Crippen LogP contribution in [0.5, 0.6) is 0 Å². The summed E-state index contributed by atoms with van der Waals surface area (Å²) in [5, 5.41) is 7.86. The summed E-state index contributed by atoms with van der Waals surface area (Å²) in [6.45, 7) is 2.84. The van der Waals surface area contributed by atoms with Gasteiger partial charge in [-0.1, -0.05) is 29.8 Å². The third-order valence-electron chi connectivity index (χ3n) is 4.81. The number of rotatable bonds is 4. The van der Waals surface area contributed by atoms with Gasteiger partial charge in [-0.3, -0.25) is 9.69 Å². The Morgan fingerprint density at radius 2 is 2.15 bits per heavy atom. The maximum absolute atomic E-state index is 12.5. The van der Waals surface area contributed by atoms with Crippen LogP contribution in [0.4, 0.5) is 5.13 Å². The zero-order valence-corrected chi connectivity index (χ0v) is 17.9. The van der Waals surface area contributed by atoms with E-state index in [9.17, 15) is 4.79 Å². The van der Waals surface area contributed by atoms with Crippen LogP contribution in [0.1, 0.15) is 28.6 Å². The van der Waals surface area contributed by atoms with Gasteiger partial charge in [-0.25, -0.2) is 4.98 Å². The first-order valence-corrected chi connectivity index (χ1v) is 9.88. The fourth-order valence-corrected chi connectivity index (χ4v) is 4.90. The van der Waals surface area contributed by atoms with Gasteiger partial charge in [-0.15, -0.1) is 36.2 Å². The van der Waals surface area contributed by atoms with Crippen LogP contribution in [0.15, 0.2) is 24.3 Å². The van der Waals surface area contributed by atoms with E-state index in [-0.39, 0.29) is 36.8 Å². The Hall–Kier alpha value is -0.890. The summed E-state index contributed by atoms with van der Waals surface area (Å²) < 4.78 is 0. The number of halogens is 3. The lowest BCUT2D eigenvalue weighted by molar-refractivity contribution is -0.118. The Bertz CT molecular complexity index is 764. The number of thiazole rings is 1. The molecule has 27 heavy (non-hydrogen) atoms. The number of hydrogen-bond donors (Lipinski definition) is 2. The largest absolute Gasteiger partial charge is 0.314 e. The standard InChI is InChI=1S/C18H21ClN4OS.2ClH/c19-13-5-2-1-4-12(13)15-10-20-8-9-23(15)11-17(24)22-18-21-14-6-3-7-16(14)25-18;;/h1-2,4-5,15,20H,3,6-11H2,(H,21,22,24);2*1H. The van der Waals surface area contributed by atoms with Gasteiger partial charge >= 0.3 is 0 Å². The number of benzene rings is 1. The second-order valence-corrected chi connectivity index (χ2v) is 7.99. The van der Waals surface area contributed by atoms with E-state index in [1.165, 1.54) is 11.3 Å². The molecular weight excluding hydrogens is 427 g/mol. The normalized spacial score (nSPS) is 18.9. The maximum Gasteiger partial charge on any atom is 0.240 e. The molecule has 1 unspecified atom stereocenters. The molecule has 1 aliphatic heterocycles. The molecule has 0 saturated carbocycles. The van der Waals surface area contributed by atoms with Gasteiger partial charge in [0, 0.05) is 35.6 Å². The molecule has 148 valence electrons. The summed E-state index contributed by atoms with van der Waals surface area (Å²) in [5.74, 6) is -0.00798. The van der Waals surface area contributed by atoms with Gasteiger partial charge in [0.25, 0.3) is 0 Å². The molecule has 5 nitrogen and oxygen atoms in total. The molecule has 2 aliphatic rings. The first-order chi connectivity index (χ1) is 12.2. The number of carbonyl (C=O) groups is 1. The molecule has 1 saturated heterocycles. The van der Waals surface area contributed by atoms with Crippen LogP contribution in [-0.4, -0.2) is 42.0 Å². The number of hydrogen-bond acceptors (Lipinski definition) is 5. The second-order valence-electron chi connectivity index (χ2n) is 6.50. The molecule has 0 bridgehead atoms. The number of aryl methyl sites for hydroxylation is 2. The minimum absolute atomic E-state index is 0. The van der Waals surface area contributed by atoms with Crippen molar-refractivity contribution in [3.63, 3.8) is 0 Å². The van der Waals surface area contributed by atoms with Crippen molar-refractivity contribution in [3.05, 3.63) is 45.4 Å². The molecule has 2 aromatic rings. The Balaban J connectivity index is 0.00000131. The topological polar surface area (TPSA) is 57.3 Å². The van der Waals surface area contributed by atoms with E-state index in [0.29, 0.717) is 6.54 Å². The number of amides is 1. The van der Waals surface area contributed by atoms with E-state index >= 15 is 0 Å². The molecular formula is C18H23Cl3N4OS. The van der Waals surface area contributed by atoms with Crippen LogP contribution < -0.4 is 10.6 Å². The third kappa shape index (κ3) is 5.13. The Morgan fingerprint density at radius 1 is 1.33 bits per heavy atom. The van der Waals surface area contributed by atoms with Crippen molar-refractivity contribution in [2.45, 2.75) is 25.3 Å². The first kappa shape index (κ1) is 22.4. The van der Waals surface area contributed by atoms with Crippen molar-refractivity contribution in [3.8, 4) is 0 Å². The van der Waals surface area contributed by atoms with E-state index in [0.717, 1.165) is 53.9 Å². The zero-order chi connectivity index (χ0) is 17.2. The van der Waals surface area contributed by atoms with Crippen LogP contribution in [0.3, 0.4) is 0 Å². The van der Waals surface area contributed by atoms with E-state index in [4.69, 9.17) is 11.6 Å². The van der Waals surface area contributed by atoms with Gasteiger partial charge in [0.2, 0.25) is 5.91 Å². The minimum atomic E-state index is -0.00798. The lowest BCUT2D eigenvalue weighted by Crippen LogP contribution is -2.48. The molecule has 1 aromatic heterocycles. The third-order valence-corrected chi connectivity index (χ3v) is 6.22. The SMILES string of the molecule is Cl.Cl.O=C(CN1CCNCC1c1ccccc1Cl)Nc1nc2c(s1)CCC2. The second kappa shape index (κ2) is 10.0. The smallest absolute Gasteiger partial charge is 0.240 e. The molecule has 1 aromatic carbocycles. The van der Waals surface area contributed by atoms with Crippen LogP contribution in [-0.2, 0) is 17.6 Å². The summed E-state index contributed by atoms with van der Waals surface area (Å²) in [6, 6.07) is 7.97. The van der Waals surface area contributed by atoms with E-state index in [2.05, 4.69) is 20.5 Å². The van der Waals surface area contributed by atoms with Gasteiger partial charge in [0.05, 0.1) is 12.2 Å². The molecule has 4 rings (SSSR count). The highest BCUT2D eigenvalue weighted by atomic mass is 35.5. The molecule has 1 aliphatic carbocycles. The lowest BCUT2D eigenvalue weighted by atomic mass is 10.0. The zero-order valence-electron chi connectivity index (χ0n) is 14.7. The summed E-state index contributed by atoms with van der Waals surface area (Å²) in [4.78, 5) is 20.6. The van der Waals surface area contributed by atoms with Crippen molar-refractivity contribution in [1.82, 2.24) is 15.2 Å². The summed E-state index contributed by atoms with van der Waals surface area (Å²) >= 11 is 7.99. The van der Waals surface area contributed by atoms with Crippen molar-refractivity contribution in [2.24, 2.45) is 0 Å². The number of piperazine rings is 1. The van der Waals surface area contributed by atoms with Gasteiger partial charge in [0.15, 0.2) is 5.13 Å². The number of aromatic nitrogens is 1. The average molecular weight is 450 g/mol. The molecule has 0 spiro atoms. The number of fused-ring (bicyclic) bond motifs is 1. The van der Waals surface area contributed by atoms with Gasteiger partial charge in [-0.2, -0.15) is 0 Å². The first-order valence-electron chi connectivity index (χ1n) is 8.68. The van der Waals surface area contributed by atoms with Gasteiger partial charge in [-0.05, 0) is 30.9 Å². The average Bonchev–Trinajstić information content (AvgIpc) is 3.17. The van der Waals surface area contributed by atoms with Crippen molar-refractivity contribution in [1.29, 1.82) is 0 Å².